The maximum atomic E-state index is 5.94. The maximum Gasteiger partial charge on any atom is 0.161 e. The van der Waals surface area contributed by atoms with E-state index in [2.05, 4.69) is 0 Å². The van der Waals surface area contributed by atoms with Crippen molar-refractivity contribution in [1.82, 2.24) is 0 Å². The minimum Gasteiger partial charge on any atom is -0.493 e. The van der Waals surface area contributed by atoms with Crippen LogP contribution in [-0.2, 0) is 0 Å². The zero-order valence-electron chi connectivity index (χ0n) is 9.60. The summed E-state index contributed by atoms with van der Waals surface area (Å²) in [6.07, 6.45) is 0.759. The SMILES string of the molecule is COc1ccc([C@H](N)CCN)cc1OC.Cl. The Hall–Kier alpha value is -0.970. The predicted octanol–water partition coefficient (Wildman–Crippen LogP) is 1.47. The average molecular weight is 247 g/mol. The van der Waals surface area contributed by atoms with Crippen molar-refractivity contribution in [3.63, 3.8) is 0 Å². The zero-order valence-corrected chi connectivity index (χ0v) is 10.4. The van der Waals surface area contributed by atoms with Crippen molar-refractivity contribution in [3.05, 3.63) is 23.8 Å². The smallest absolute Gasteiger partial charge is 0.161 e. The van der Waals surface area contributed by atoms with E-state index in [1.165, 1.54) is 0 Å². The van der Waals surface area contributed by atoms with Gasteiger partial charge in [-0.2, -0.15) is 0 Å². The summed E-state index contributed by atoms with van der Waals surface area (Å²) in [7, 11) is 3.22. The van der Waals surface area contributed by atoms with Crippen LogP contribution in [-0.4, -0.2) is 20.8 Å². The number of rotatable bonds is 5. The fourth-order valence-electron chi connectivity index (χ4n) is 1.43. The molecule has 0 fully saturated rings. The molecule has 0 radical (unpaired) electrons. The monoisotopic (exact) mass is 246 g/mol. The molecule has 0 bridgehead atoms. The molecule has 0 aliphatic heterocycles. The number of methoxy groups -OCH3 is 2. The van der Waals surface area contributed by atoms with Crippen molar-refractivity contribution in [2.75, 3.05) is 20.8 Å². The summed E-state index contributed by atoms with van der Waals surface area (Å²) in [6.45, 7) is 0.579. The van der Waals surface area contributed by atoms with E-state index < -0.39 is 0 Å². The molecular formula is C11H19ClN2O2. The van der Waals surface area contributed by atoms with Crippen LogP contribution in [0.1, 0.15) is 18.0 Å². The predicted molar refractivity (Wildman–Crippen MR) is 67.4 cm³/mol. The van der Waals surface area contributed by atoms with Gasteiger partial charge in [-0.3, -0.25) is 0 Å². The lowest BCUT2D eigenvalue weighted by atomic mass is 10.0. The number of benzene rings is 1. The lowest BCUT2D eigenvalue weighted by molar-refractivity contribution is 0.354. The summed E-state index contributed by atoms with van der Waals surface area (Å²) >= 11 is 0. The van der Waals surface area contributed by atoms with Crippen molar-refractivity contribution in [3.8, 4) is 11.5 Å². The molecule has 0 aliphatic carbocycles. The molecule has 0 spiro atoms. The molecule has 0 saturated heterocycles. The molecule has 4 N–H and O–H groups in total. The highest BCUT2D eigenvalue weighted by Gasteiger charge is 2.09. The summed E-state index contributed by atoms with van der Waals surface area (Å²) in [6, 6.07) is 5.63. The second kappa shape index (κ2) is 7.33. The van der Waals surface area contributed by atoms with Crippen LogP contribution in [0.5, 0.6) is 11.5 Å². The minimum atomic E-state index is -0.0465. The molecule has 1 aromatic rings. The Balaban J connectivity index is 0.00000225. The van der Waals surface area contributed by atoms with Crippen LogP contribution in [0.25, 0.3) is 0 Å². The molecule has 0 amide bonds. The van der Waals surface area contributed by atoms with Crippen LogP contribution in [0.4, 0.5) is 0 Å². The summed E-state index contributed by atoms with van der Waals surface area (Å²) in [4.78, 5) is 0. The lowest BCUT2D eigenvalue weighted by Crippen LogP contribution is -2.15. The molecule has 0 unspecified atom stereocenters. The Morgan fingerprint density at radius 1 is 1.19 bits per heavy atom. The van der Waals surface area contributed by atoms with Gasteiger partial charge >= 0.3 is 0 Å². The second-order valence-corrected chi connectivity index (χ2v) is 3.30. The second-order valence-electron chi connectivity index (χ2n) is 3.30. The third kappa shape index (κ3) is 3.56. The molecule has 92 valence electrons. The van der Waals surface area contributed by atoms with Crippen LogP contribution in [0.2, 0.25) is 0 Å². The van der Waals surface area contributed by atoms with Crippen LogP contribution >= 0.6 is 12.4 Å². The van der Waals surface area contributed by atoms with Gasteiger partial charge in [0.2, 0.25) is 0 Å². The maximum absolute atomic E-state index is 5.94. The largest absolute Gasteiger partial charge is 0.493 e. The molecule has 5 heteroatoms. The highest BCUT2D eigenvalue weighted by atomic mass is 35.5. The molecule has 4 nitrogen and oxygen atoms in total. The van der Waals surface area contributed by atoms with Crippen molar-refractivity contribution in [1.29, 1.82) is 0 Å². The Bertz CT molecular complexity index is 321. The fraction of sp³-hybridized carbons (Fsp3) is 0.455. The topological polar surface area (TPSA) is 70.5 Å². The summed E-state index contributed by atoms with van der Waals surface area (Å²) in [5.41, 5.74) is 12.4. The highest BCUT2D eigenvalue weighted by molar-refractivity contribution is 5.85. The van der Waals surface area contributed by atoms with Crippen molar-refractivity contribution in [2.24, 2.45) is 11.5 Å². The van der Waals surface area contributed by atoms with E-state index in [0.717, 1.165) is 12.0 Å². The van der Waals surface area contributed by atoms with Gasteiger partial charge in [0.1, 0.15) is 0 Å². The quantitative estimate of drug-likeness (QED) is 0.826. The van der Waals surface area contributed by atoms with Crippen LogP contribution in [0.3, 0.4) is 0 Å². The third-order valence-electron chi connectivity index (χ3n) is 2.31. The average Bonchev–Trinajstić information content (AvgIpc) is 2.28. The van der Waals surface area contributed by atoms with E-state index in [0.29, 0.717) is 18.0 Å². The minimum absolute atomic E-state index is 0. The number of halogens is 1. The van der Waals surface area contributed by atoms with E-state index in [1.807, 2.05) is 18.2 Å². The molecule has 0 aromatic heterocycles. The molecule has 1 rings (SSSR count). The molecule has 16 heavy (non-hydrogen) atoms. The Kier molecular flexibility index (Phi) is 6.88. The molecule has 0 saturated carbocycles. The zero-order chi connectivity index (χ0) is 11.3. The fourth-order valence-corrected chi connectivity index (χ4v) is 1.43. The van der Waals surface area contributed by atoms with Crippen molar-refractivity contribution in [2.45, 2.75) is 12.5 Å². The molecule has 1 aromatic carbocycles. The normalized spacial score (nSPS) is 11.5. The summed E-state index contributed by atoms with van der Waals surface area (Å²) in [5.74, 6) is 1.41. The summed E-state index contributed by atoms with van der Waals surface area (Å²) < 4.78 is 10.3. The lowest BCUT2D eigenvalue weighted by Gasteiger charge is -2.14. The first-order valence-electron chi connectivity index (χ1n) is 4.90. The standard InChI is InChI=1S/C11H18N2O2.ClH/c1-14-10-4-3-8(7-11(10)15-2)9(13)5-6-12;/h3-4,7,9H,5-6,12-13H2,1-2H3;1H/t9-;/m1./s1. The first-order valence-corrected chi connectivity index (χ1v) is 4.90. The van der Waals surface area contributed by atoms with E-state index in [9.17, 15) is 0 Å². The van der Waals surface area contributed by atoms with Gasteiger partial charge in [-0.25, -0.2) is 0 Å². The number of hydrogen-bond donors (Lipinski definition) is 2. The van der Waals surface area contributed by atoms with E-state index >= 15 is 0 Å². The van der Waals surface area contributed by atoms with Crippen LogP contribution in [0.15, 0.2) is 18.2 Å². The van der Waals surface area contributed by atoms with Crippen LogP contribution < -0.4 is 20.9 Å². The van der Waals surface area contributed by atoms with Gasteiger partial charge < -0.3 is 20.9 Å². The van der Waals surface area contributed by atoms with Gasteiger partial charge in [-0.15, -0.1) is 12.4 Å². The molecule has 1 atom stereocenters. The Labute approximate surface area is 102 Å². The molecular weight excluding hydrogens is 228 g/mol. The highest BCUT2D eigenvalue weighted by Crippen LogP contribution is 2.29. The van der Waals surface area contributed by atoms with Crippen molar-refractivity contribution < 1.29 is 9.47 Å². The number of nitrogens with two attached hydrogens (primary N) is 2. The van der Waals surface area contributed by atoms with E-state index in [1.54, 1.807) is 14.2 Å². The van der Waals surface area contributed by atoms with Crippen LogP contribution in [0, 0.1) is 0 Å². The van der Waals surface area contributed by atoms with Gasteiger partial charge in [-0.05, 0) is 30.7 Å². The van der Waals surface area contributed by atoms with Gasteiger partial charge in [0.15, 0.2) is 11.5 Å². The van der Waals surface area contributed by atoms with E-state index in [4.69, 9.17) is 20.9 Å². The molecule has 0 heterocycles. The van der Waals surface area contributed by atoms with E-state index in [-0.39, 0.29) is 18.4 Å². The Morgan fingerprint density at radius 3 is 2.31 bits per heavy atom. The van der Waals surface area contributed by atoms with Gasteiger partial charge in [0, 0.05) is 6.04 Å². The van der Waals surface area contributed by atoms with Gasteiger partial charge in [-0.1, -0.05) is 6.07 Å². The first kappa shape index (κ1) is 15.0. The van der Waals surface area contributed by atoms with Crippen molar-refractivity contribution >= 4 is 12.4 Å². The first-order chi connectivity index (χ1) is 7.22. The number of hydrogen-bond acceptors (Lipinski definition) is 4. The summed E-state index contributed by atoms with van der Waals surface area (Å²) in [5, 5.41) is 0. The number of ether oxygens (including phenoxy) is 2. The molecule has 0 aliphatic rings. The van der Waals surface area contributed by atoms with Gasteiger partial charge in [0.25, 0.3) is 0 Å². The van der Waals surface area contributed by atoms with Gasteiger partial charge in [0.05, 0.1) is 14.2 Å². The third-order valence-corrected chi connectivity index (χ3v) is 2.31. The Morgan fingerprint density at radius 2 is 1.81 bits per heavy atom.